The van der Waals surface area contributed by atoms with Gasteiger partial charge in [0.25, 0.3) is 5.91 Å². The fourth-order valence-corrected chi connectivity index (χ4v) is 2.21. The highest BCUT2D eigenvalue weighted by Crippen LogP contribution is 2.12. The molecule has 1 saturated heterocycles. The van der Waals surface area contributed by atoms with E-state index in [0.29, 0.717) is 26.2 Å². The summed E-state index contributed by atoms with van der Waals surface area (Å²) in [5.41, 5.74) is 0.189. The molecule has 1 N–H and O–H groups in total. The minimum absolute atomic E-state index is 0.0117. The van der Waals surface area contributed by atoms with Crippen molar-refractivity contribution in [3.05, 3.63) is 29.8 Å². The van der Waals surface area contributed by atoms with Crippen molar-refractivity contribution in [2.24, 2.45) is 0 Å². The third-order valence-electron chi connectivity index (χ3n) is 3.49. The number of nitrogens with zero attached hydrogens (tertiary/aromatic N) is 2. The third kappa shape index (κ3) is 3.97. The van der Waals surface area contributed by atoms with Crippen molar-refractivity contribution in [3.63, 3.8) is 0 Å². The van der Waals surface area contributed by atoms with Gasteiger partial charge in [-0.25, -0.2) is 4.79 Å². The summed E-state index contributed by atoms with van der Waals surface area (Å²) < 4.78 is 4.95. The molecule has 2 rings (SSSR count). The summed E-state index contributed by atoms with van der Waals surface area (Å²) in [5, 5.41) is 9.30. The highest BCUT2D eigenvalue weighted by molar-refractivity contribution is 5.91. The van der Waals surface area contributed by atoms with Crippen LogP contribution < -0.4 is 0 Å². The van der Waals surface area contributed by atoms with Crippen LogP contribution in [0, 0.1) is 0 Å². The van der Waals surface area contributed by atoms with E-state index in [1.165, 1.54) is 31.2 Å². The Balaban J connectivity index is 1.81. The highest BCUT2D eigenvalue weighted by Gasteiger charge is 2.23. The molecule has 1 fully saturated rings. The zero-order chi connectivity index (χ0) is 16.1. The summed E-state index contributed by atoms with van der Waals surface area (Å²) >= 11 is 0. The van der Waals surface area contributed by atoms with Crippen molar-refractivity contribution in [2.75, 3.05) is 32.8 Å². The van der Waals surface area contributed by atoms with Crippen LogP contribution in [0.3, 0.4) is 0 Å². The van der Waals surface area contributed by atoms with E-state index in [4.69, 9.17) is 4.74 Å². The summed E-state index contributed by atoms with van der Waals surface area (Å²) in [6.45, 7) is 2.98. The van der Waals surface area contributed by atoms with Crippen LogP contribution >= 0.6 is 0 Å². The Labute approximate surface area is 128 Å². The van der Waals surface area contributed by atoms with Crippen LogP contribution in [0.1, 0.15) is 17.3 Å². The van der Waals surface area contributed by atoms with E-state index in [0.717, 1.165) is 0 Å². The molecular formula is C15H18N2O5. The van der Waals surface area contributed by atoms with E-state index in [-0.39, 0.29) is 29.7 Å². The summed E-state index contributed by atoms with van der Waals surface area (Å²) in [6.07, 6.45) is 0. The number of esters is 1. The van der Waals surface area contributed by atoms with Crippen molar-refractivity contribution < 1.29 is 24.2 Å². The number of rotatable bonds is 3. The zero-order valence-corrected chi connectivity index (χ0v) is 12.3. The van der Waals surface area contributed by atoms with Crippen molar-refractivity contribution in [1.82, 2.24) is 9.80 Å². The monoisotopic (exact) mass is 306 g/mol. The minimum atomic E-state index is -0.661. The molecule has 0 atom stereocenters. The van der Waals surface area contributed by atoms with Gasteiger partial charge in [-0.2, -0.15) is 0 Å². The summed E-state index contributed by atoms with van der Waals surface area (Å²) in [4.78, 5) is 38.2. The van der Waals surface area contributed by atoms with Crippen LogP contribution in [0.25, 0.3) is 0 Å². The highest BCUT2D eigenvalue weighted by atomic mass is 16.5. The maximum atomic E-state index is 12.0. The Morgan fingerprint density at radius 1 is 1.14 bits per heavy atom. The summed E-state index contributed by atoms with van der Waals surface area (Å²) in [7, 11) is 0. The lowest BCUT2D eigenvalue weighted by Gasteiger charge is -2.34. The van der Waals surface area contributed by atoms with Crippen LogP contribution in [0.15, 0.2) is 24.3 Å². The van der Waals surface area contributed by atoms with E-state index in [1.807, 2.05) is 0 Å². The second-order valence-electron chi connectivity index (χ2n) is 5.01. The van der Waals surface area contributed by atoms with Gasteiger partial charge in [0.05, 0.1) is 5.56 Å². The van der Waals surface area contributed by atoms with Crippen LogP contribution in [-0.2, 0) is 14.3 Å². The topological polar surface area (TPSA) is 87.2 Å². The SMILES string of the molecule is CC(=O)N1CCN(C(=O)COC(=O)c2cccc(O)c2)CC1. The van der Waals surface area contributed by atoms with Crippen molar-refractivity contribution in [2.45, 2.75) is 6.92 Å². The number of piperazine rings is 1. The van der Waals surface area contributed by atoms with Gasteiger partial charge >= 0.3 is 5.97 Å². The lowest BCUT2D eigenvalue weighted by molar-refractivity contribution is -0.140. The molecule has 7 heteroatoms. The summed E-state index contributed by atoms with van der Waals surface area (Å²) in [6, 6.07) is 5.74. The average molecular weight is 306 g/mol. The first-order valence-corrected chi connectivity index (χ1v) is 6.97. The number of carbonyl (C=O) groups is 3. The predicted octanol–water partition coefficient (Wildman–Crippen LogP) is 0.240. The quantitative estimate of drug-likeness (QED) is 0.808. The lowest BCUT2D eigenvalue weighted by Crippen LogP contribution is -2.51. The normalized spacial score (nSPS) is 14.6. The van der Waals surface area contributed by atoms with Crippen LogP contribution in [0.2, 0.25) is 0 Å². The van der Waals surface area contributed by atoms with Crippen LogP contribution in [0.4, 0.5) is 0 Å². The molecule has 1 aromatic rings. The van der Waals surface area contributed by atoms with E-state index < -0.39 is 5.97 Å². The molecule has 0 saturated carbocycles. The standard InChI is InChI=1S/C15H18N2O5/c1-11(18)16-5-7-17(8-6-16)14(20)10-22-15(21)12-3-2-4-13(19)9-12/h2-4,9,19H,5-8,10H2,1H3. The number of phenolic OH excluding ortho intramolecular Hbond substituents is 1. The number of amides is 2. The second-order valence-corrected chi connectivity index (χ2v) is 5.01. The third-order valence-corrected chi connectivity index (χ3v) is 3.49. The minimum Gasteiger partial charge on any atom is -0.508 e. The van der Waals surface area contributed by atoms with Gasteiger partial charge in [0.15, 0.2) is 6.61 Å². The van der Waals surface area contributed by atoms with E-state index in [9.17, 15) is 19.5 Å². The Morgan fingerprint density at radius 2 is 1.77 bits per heavy atom. The van der Waals surface area contributed by atoms with Crippen LogP contribution in [-0.4, -0.2) is 65.5 Å². The van der Waals surface area contributed by atoms with Gasteiger partial charge in [0.1, 0.15) is 5.75 Å². The number of carbonyl (C=O) groups excluding carboxylic acids is 3. The number of aromatic hydroxyl groups is 1. The predicted molar refractivity (Wildman–Crippen MR) is 77.2 cm³/mol. The molecule has 0 radical (unpaired) electrons. The van der Waals surface area contributed by atoms with Gasteiger partial charge in [-0.15, -0.1) is 0 Å². The Kier molecular flexibility index (Phi) is 4.98. The first-order valence-electron chi connectivity index (χ1n) is 6.97. The van der Waals surface area contributed by atoms with Gasteiger partial charge in [0, 0.05) is 33.1 Å². The Morgan fingerprint density at radius 3 is 2.36 bits per heavy atom. The Bertz CT molecular complexity index is 579. The molecule has 0 aliphatic carbocycles. The van der Waals surface area contributed by atoms with Crippen molar-refractivity contribution in [3.8, 4) is 5.75 Å². The Hall–Kier alpha value is -2.57. The molecule has 118 valence electrons. The molecule has 1 aromatic carbocycles. The molecule has 2 amide bonds. The van der Waals surface area contributed by atoms with Gasteiger partial charge < -0.3 is 19.6 Å². The maximum Gasteiger partial charge on any atom is 0.338 e. The zero-order valence-electron chi connectivity index (χ0n) is 12.3. The van der Waals surface area contributed by atoms with Crippen LogP contribution in [0.5, 0.6) is 5.75 Å². The molecule has 0 unspecified atom stereocenters. The number of ether oxygens (including phenoxy) is 1. The molecule has 1 heterocycles. The average Bonchev–Trinajstić information content (AvgIpc) is 2.52. The molecule has 0 bridgehead atoms. The van der Waals surface area contributed by atoms with Gasteiger partial charge in [-0.05, 0) is 18.2 Å². The van der Waals surface area contributed by atoms with Gasteiger partial charge in [-0.3, -0.25) is 9.59 Å². The fourth-order valence-electron chi connectivity index (χ4n) is 2.21. The number of benzene rings is 1. The number of hydrogen-bond acceptors (Lipinski definition) is 5. The molecule has 7 nitrogen and oxygen atoms in total. The first-order chi connectivity index (χ1) is 10.5. The molecule has 0 spiro atoms. The molecule has 22 heavy (non-hydrogen) atoms. The van der Waals surface area contributed by atoms with E-state index >= 15 is 0 Å². The smallest absolute Gasteiger partial charge is 0.338 e. The molecule has 1 aliphatic heterocycles. The summed E-state index contributed by atoms with van der Waals surface area (Å²) in [5.74, 6) is -1.01. The largest absolute Gasteiger partial charge is 0.508 e. The van der Waals surface area contributed by atoms with E-state index in [1.54, 1.807) is 9.80 Å². The molecule has 0 aromatic heterocycles. The fraction of sp³-hybridized carbons (Fsp3) is 0.400. The first kappa shape index (κ1) is 15.8. The maximum absolute atomic E-state index is 12.0. The molecule has 1 aliphatic rings. The van der Waals surface area contributed by atoms with Crippen molar-refractivity contribution in [1.29, 1.82) is 0 Å². The number of phenols is 1. The van der Waals surface area contributed by atoms with Gasteiger partial charge in [-0.1, -0.05) is 6.07 Å². The second kappa shape index (κ2) is 6.93. The van der Waals surface area contributed by atoms with E-state index in [2.05, 4.69) is 0 Å². The van der Waals surface area contributed by atoms with Gasteiger partial charge in [0.2, 0.25) is 5.91 Å². The lowest BCUT2D eigenvalue weighted by atomic mass is 10.2. The number of hydrogen-bond donors (Lipinski definition) is 1. The van der Waals surface area contributed by atoms with Crippen molar-refractivity contribution >= 4 is 17.8 Å². The molecular weight excluding hydrogens is 288 g/mol.